The molecule has 0 aromatic heterocycles. The highest BCUT2D eigenvalue weighted by Crippen LogP contribution is 2.28. The summed E-state index contributed by atoms with van der Waals surface area (Å²) in [5, 5.41) is 0. The van der Waals surface area contributed by atoms with Crippen LogP contribution in [0.25, 0.3) is 0 Å². The molecule has 1 aliphatic heterocycles. The number of hydrogen-bond acceptors (Lipinski definition) is 2. The van der Waals surface area contributed by atoms with Crippen molar-refractivity contribution in [2.24, 2.45) is 11.8 Å². The first kappa shape index (κ1) is 12.2. The number of aldehydes is 1. The molecule has 0 N–H and O–H groups in total. The van der Waals surface area contributed by atoms with Gasteiger partial charge in [0.15, 0.2) is 0 Å². The number of anilines is 1. The van der Waals surface area contributed by atoms with Crippen molar-refractivity contribution in [3.05, 3.63) is 29.3 Å². The highest BCUT2D eigenvalue weighted by molar-refractivity contribution is 5.77. The van der Waals surface area contributed by atoms with Crippen molar-refractivity contribution < 1.29 is 4.79 Å². The standard InChI is InChI=1S/C15H21NO/c1-11-6-12(2)9-16(8-11)15-5-4-14(10-17)7-13(15)3/h4-5,7,10-12H,6,8-9H2,1-3H3. The van der Waals surface area contributed by atoms with E-state index in [9.17, 15) is 4.79 Å². The quantitative estimate of drug-likeness (QED) is 0.728. The van der Waals surface area contributed by atoms with Gasteiger partial charge < -0.3 is 4.90 Å². The average molecular weight is 231 g/mol. The summed E-state index contributed by atoms with van der Waals surface area (Å²) >= 11 is 0. The van der Waals surface area contributed by atoms with Gasteiger partial charge in [0.1, 0.15) is 6.29 Å². The lowest BCUT2D eigenvalue weighted by Gasteiger charge is -2.37. The van der Waals surface area contributed by atoms with Gasteiger partial charge in [0, 0.05) is 24.3 Å². The molecule has 1 fully saturated rings. The molecule has 0 amide bonds. The molecule has 2 rings (SSSR count). The largest absolute Gasteiger partial charge is 0.371 e. The molecule has 0 bridgehead atoms. The molecule has 2 atom stereocenters. The molecule has 1 saturated heterocycles. The Kier molecular flexibility index (Phi) is 3.51. The molecule has 17 heavy (non-hydrogen) atoms. The van der Waals surface area contributed by atoms with Crippen molar-refractivity contribution in [2.45, 2.75) is 27.2 Å². The summed E-state index contributed by atoms with van der Waals surface area (Å²) in [7, 11) is 0. The number of carbonyl (C=O) groups excluding carboxylic acids is 1. The third-order valence-electron chi connectivity index (χ3n) is 3.57. The van der Waals surface area contributed by atoms with Crippen LogP contribution >= 0.6 is 0 Å². The first-order valence-corrected chi connectivity index (χ1v) is 6.41. The first-order valence-electron chi connectivity index (χ1n) is 6.41. The number of hydrogen-bond donors (Lipinski definition) is 0. The zero-order chi connectivity index (χ0) is 12.4. The van der Waals surface area contributed by atoms with E-state index in [0.29, 0.717) is 0 Å². The zero-order valence-corrected chi connectivity index (χ0v) is 10.9. The van der Waals surface area contributed by atoms with Crippen molar-refractivity contribution >= 4 is 12.0 Å². The van der Waals surface area contributed by atoms with Gasteiger partial charge in [-0.05, 0) is 48.9 Å². The summed E-state index contributed by atoms with van der Waals surface area (Å²) in [6.07, 6.45) is 2.24. The molecule has 0 spiro atoms. The maximum Gasteiger partial charge on any atom is 0.150 e. The topological polar surface area (TPSA) is 20.3 Å². The summed E-state index contributed by atoms with van der Waals surface area (Å²) in [4.78, 5) is 13.2. The van der Waals surface area contributed by atoms with E-state index >= 15 is 0 Å². The number of piperidine rings is 1. The van der Waals surface area contributed by atoms with Gasteiger partial charge in [-0.15, -0.1) is 0 Å². The van der Waals surface area contributed by atoms with E-state index in [1.807, 2.05) is 12.1 Å². The fourth-order valence-electron chi connectivity index (χ4n) is 2.97. The zero-order valence-electron chi connectivity index (χ0n) is 10.9. The van der Waals surface area contributed by atoms with Gasteiger partial charge >= 0.3 is 0 Å². The van der Waals surface area contributed by atoms with E-state index in [2.05, 4.69) is 31.7 Å². The van der Waals surface area contributed by atoms with Crippen molar-refractivity contribution in [3.8, 4) is 0 Å². The van der Waals surface area contributed by atoms with Crippen LogP contribution in [0.4, 0.5) is 5.69 Å². The Bertz CT molecular complexity index is 403. The molecule has 0 radical (unpaired) electrons. The Morgan fingerprint density at radius 1 is 1.24 bits per heavy atom. The van der Waals surface area contributed by atoms with Crippen LogP contribution in [0.5, 0.6) is 0 Å². The molecular formula is C15H21NO. The molecular weight excluding hydrogens is 210 g/mol. The number of nitrogens with zero attached hydrogens (tertiary/aromatic N) is 1. The monoisotopic (exact) mass is 231 g/mol. The molecule has 2 unspecified atom stereocenters. The number of carbonyl (C=O) groups is 1. The van der Waals surface area contributed by atoms with Crippen molar-refractivity contribution in [3.63, 3.8) is 0 Å². The normalized spacial score (nSPS) is 24.8. The highest BCUT2D eigenvalue weighted by Gasteiger charge is 2.22. The molecule has 1 aliphatic rings. The molecule has 2 heteroatoms. The number of rotatable bonds is 2. The first-order chi connectivity index (χ1) is 8.10. The van der Waals surface area contributed by atoms with Gasteiger partial charge in [0.2, 0.25) is 0 Å². The highest BCUT2D eigenvalue weighted by atomic mass is 16.1. The van der Waals surface area contributed by atoms with Crippen LogP contribution in [0.2, 0.25) is 0 Å². The van der Waals surface area contributed by atoms with Crippen LogP contribution in [0.1, 0.15) is 36.2 Å². The van der Waals surface area contributed by atoms with E-state index in [1.165, 1.54) is 17.7 Å². The summed E-state index contributed by atoms with van der Waals surface area (Å²) in [5.74, 6) is 1.51. The van der Waals surface area contributed by atoms with E-state index < -0.39 is 0 Å². The molecule has 1 aromatic rings. The second kappa shape index (κ2) is 4.91. The summed E-state index contributed by atoms with van der Waals surface area (Å²) in [6, 6.07) is 5.98. The SMILES string of the molecule is Cc1cc(C=O)ccc1N1CC(C)CC(C)C1. The second-order valence-corrected chi connectivity index (χ2v) is 5.51. The third-order valence-corrected chi connectivity index (χ3v) is 3.57. The maximum absolute atomic E-state index is 10.7. The summed E-state index contributed by atoms with van der Waals surface area (Å²) in [5.41, 5.74) is 3.26. The lowest BCUT2D eigenvalue weighted by molar-refractivity contribution is 0.112. The number of aryl methyl sites for hydroxylation is 1. The van der Waals surface area contributed by atoms with E-state index in [0.717, 1.165) is 36.8 Å². The predicted molar refractivity (Wildman–Crippen MR) is 71.7 cm³/mol. The molecule has 2 nitrogen and oxygen atoms in total. The molecule has 92 valence electrons. The fraction of sp³-hybridized carbons (Fsp3) is 0.533. The van der Waals surface area contributed by atoms with Crippen LogP contribution < -0.4 is 4.90 Å². The van der Waals surface area contributed by atoms with Crippen molar-refractivity contribution in [2.75, 3.05) is 18.0 Å². The maximum atomic E-state index is 10.7. The Labute approximate surface area is 104 Å². The lowest BCUT2D eigenvalue weighted by Crippen LogP contribution is -2.39. The molecule has 1 heterocycles. The van der Waals surface area contributed by atoms with Crippen LogP contribution in [0, 0.1) is 18.8 Å². The van der Waals surface area contributed by atoms with Gasteiger partial charge in [-0.3, -0.25) is 4.79 Å². The van der Waals surface area contributed by atoms with Crippen LogP contribution in [-0.4, -0.2) is 19.4 Å². The fourth-order valence-corrected chi connectivity index (χ4v) is 2.97. The molecule has 0 aliphatic carbocycles. The summed E-state index contributed by atoms with van der Waals surface area (Å²) in [6.45, 7) is 8.99. The van der Waals surface area contributed by atoms with E-state index in [-0.39, 0.29) is 0 Å². The van der Waals surface area contributed by atoms with Gasteiger partial charge in [-0.1, -0.05) is 13.8 Å². The molecule has 1 aromatic carbocycles. The number of benzene rings is 1. The van der Waals surface area contributed by atoms with Crippen LogP contribution in [-0.2, 0) is 0 Å². The minimum atomic E-state index is 0.754. The second-order valence-electron chi connectivity index (χ2n) is 5.51. The molecule has 0 saturated carbocycles. The van der Waals surface area contributed by atoms with Crippen LogP contribution in [0.15, 0.2) is 18.2 Å². The van der Waals surface area contributed by atoms with Crippen molar-refractivity contribution in [1.29, 1.82) is 0 Å². The van der Waals surface area contributed by atoms with Gasteiger partial charge in [-0.25, -0.2) is 0 Å². The predicted octanol–water partition coefficient (Wildman–Crippen LogP) is 3.29. The van der Waals surface area contributed by atoms with Gasteiger partial charge in [-0.2, -0.15) is 0 Å². The van der Waals surface area contributed by atoms with E-state index in [4.69, 9.17) is 0 Å². The average Bonchev–Trinajstić information content (AvgIpc) is 2.27. The van der Waals surface area contributed by atoms with Crippen LogP contribution in [0.3, 0.4) is 0 Å². The minimum absolute atomic E-state index is 0.754. The lowest BCUT2D eigenvalue weighted by atomic mass is 9.91. The van der Waals surface area contributed by atoms with Gasteiger partial charge in [0.05, 0.1) is 0 Å². The Balaban J connectivity index is 2.24. The van der Waals surface area contributed by atoms with Gasteiger partial charge in [0.25, 0.3) is 0 Å². The van der Waals surface area contributed by atoms with Crippen molar-refractivity contribution in [1.82, 2.24) is 0 Å². The Morgan fingerprint density at radius 3 is 2.41 bits per heavy atom. The minimum Gasteiger partial charge on any atom is -0.371 e. The smallest absolute Gasteiger partial charge is 0.150 e. The third kappa shape index (κ3) is 2.68. The summed E-state index contributed by atoms with van der Waals surface area (Å²) < 4.78 is 0. The van der Waals surface area contributed by atoms with E-state index in [1.54, 1.807) is 0 Å². The Morgan fingerprint density at radius 2 is 1.88 bits per heavy atom. The Hall–Kier alpha value is -1.31.